The van der Waals surface area contributed by atoms with E-state index in [0.717, 1.165) is 12.8 Å². The van der Waals surface area contributed by atoms with Crippen LogP contribution in [0.4, 0.5) is 10.5 Å². The van der Waals surface area contributed by atoms with E-state index in [-0.39, 0.29) is 12.1 Å². The van der Waals surface area contributed by atoms with E-state index >= 15 is 0 Å². The summed E-state index contributed by atoms with van der Waals surface area (Å²) in [4.78, 5) is 12.0. The van der Waals surface area contributed by atoms with E-state index in [2.05, 4.69) is 10.6 Å². The van der Waals surface area contributed by atoms with Crippen LogP contribution in [-0.2, 0) is 0 Å². The summed E-state index contributed by atoms with van der Waals surface area (Å²) in [6.07, 6.45) is 4.41. The zero-order chi connectivity index (χ0) is 14.5. The van der Waals surface area contributed by atoms with Crippen LogP contribution >= 0.6 is 11.6 Å². The van der Waals surface area contributed by atoms with Crippen LogP contribution in [-0.4, -0.2) is 26.3 Å². The molecule has 0 unspecified atom stereocenters. The lowest BCUT2D eigenvalue weighted by molar-refractivity contribution is 0.248. The van der Waals surface area contributed by atoms with Crippen LogP contribution in [0.5, 0.6) is 11.5 Å². The average molecular weight is 299 g/mol. The molecule has 2 rings (SSSR count). The summed E-state index contributed by atoms with van der Waals surface area (Å²) in [6, 6.07) is 3.29. The van der Waals surface area contributed by atoms with Crippen LogP contribution in [0.3, 0.4) is 0 Å². The molecule has 2 N–H and O–H groups in total. The lowest BCUT2D eigenvalue weighted by atomic mass is 10.2. The Labute approximate surface area is 123 Å². The Balaban J connectivity index is 2.08. The highest BCUT2D eigenvalue weighted by atomic mass is 35.5. The molecule has 1 aliphatic rings. The molecule has 0 radical (unpaired) electrons. The summed E-state index contributed by atoms with van der Waals surface area (Å²) in [6.45, 7) is 0. The number of rotatable bonds is 4. The summed E-state index contributed by atoms with van der Waals surface area (Å²) >= 11 is 6.02. The second-order valence-corrected chi connectivity index (χ2v) is 5.17. The first-order valence-electron chi connectivity index (χ1n) is 6.63. The zero-order valence-electron chi connectivity index (χ0n) is 11.7. The number of carbonyl (C=O) groups is 1. The number of hydrogen-bond donors (Lipinski definition) is 2. The number of halogens is 1. The van der Waals surface area contributed by atoms with Crippen LogP contribution in [0, 0.1) is 0 Å². The molecule has 0 heterocycles. The zero-order valence-corrected chi connectivity index (χ0v) is 12.4. The Bertz CT molecular complexity index is 488. The highest BCUT2D eigenvalue weighted by molar-refractivity contribution is 6.32. The Morgan fingerprint density at radius 3 is 2.45 bits per heavy atom. The minimum Gasteiger partial charge on any atom is -0.495 e. The van der Waals surface area contributed by atoms with Gasteiger partial charge in [0.15, 0.2) is 0 Å². The SMILES string of the molecule is COc1cc(NC(=O)NC2CCCC2)c(OC)cc1Cl. The van der Waals surface area contributed by atoms with E-state index in [1.54, 1.807) is 12.1 Å². The van der Waals surface area contributed by atoms with Gasteiger partial charge in [0.1, 0.15) is 11.5 Å². The highest BCUT2D eigenvalue weighted by Gasteiger charge is 2.18. The van der Waals surface area contributed by atoms with Gasteiger partial charge in [0, 0.05) is 18.2 Å². The largest absolute Gasteiger partial charge is 0.495 e. The fourth-order valence-electron chi connectivity index (χ4n) is 2.37. The summed E-state index contributed by atoms with van der Waals surface area (Å²) in [5.74, 6) is 0.987. The number of methoxy groups -OCH3 is 2. The summed E-state index contributed by atoms with van der Waals surface area (Å²) in [7, 11) is 3.05. The summed E-state index contributed by atoms with van der Waals surface area (Å²) < 4.78 is 10.4. The van der Waals surface area contributed by atoms with Gasteiger partial charge in [-0.1, -0.05) is 24.4 Å². The number of nitrogens with one attached hydrogen (secondary N) is 2. The maximum absolute atomic E-state index is 12.0. The molecule has 0 bridgehead atoms. The summed E-state index contributed by atoms with van der Waals surface area (Å²) in [5, 5.41) is 6.16. The van der Waals surface area contributed by atoms with E-state index in [0.29, 0.717) is 22.2 Å². The first-order chi connectivity index (χ1) is 9.63. The Morgan fingerprint density at radius 1 is 1.20 bits per heavy atom. The van der Waals surface area contributed by atoms with Crippen LogP contribution in [0.15, 0.2) is 12.1 Å². The topological polar surface area (TPSA) is 59.6 Å². The molecule has 0 saturated heterocycles. The lowest BCUT2D eigenvalue weighted by Crippen LogP contribution is -2.36. The second kappa shape index (κ2) is 6.70. The Morgan fingerprint density at radius 2 is 1.85 bits per heavy atom. The van der Waals surface area contributed by atoms with Gasteiger partial charge in [0.2, 0.25) is 0 Å². The first-order valence-corrected chi connectivity index (χ1v) is 7.01. The molecule has 1 aromatic rings. The van der Waals surface area contributed by atoms with Crippen LogP contribution in [0.2, 0.25) is 5.02 Å². The van der Waals surface area contributed by atoms with Crippen molar-refractivity contribution in [1.82, 2.24) is 5.32 Å². The first kappa shape index (κ1) is 14.8. The van der Waals surface area contributed by atoms with Crippen molar-refractivity contribution in [3.8, 4) is 11.5 Å². The molecule has 0 atom stereocenters. The van der Waals surface area contributed by atoms with Crippen LogP contribution < -0.4 is 20.1 Å². The Hall–Kier alpha value is -1.62. The number of anilines is 1. The molecule has 20 heavy (non-hydrogen) atoms. The standard InChI is InChI=1S/C14H19ClN2O3/c1-19-12-8-11(13(20-2)7-10(12)15)17-14(18)16-9-5-3-4-6-9/h7-9H,3-6H2,1-2H3,(H2,16,17,18). The van der Waals surface area contributed by atoms with Crippen molar-refractivity contribution in [2.45, 2.75) is 31.7 Å². The van der Waals surface area contributed by atoms with Gasteiger partial charge in [0.05, 0.1) is 24.9 Å². The van der Waals surface area contributed by atoms with Crippen molar-refractivity contribution in [3.05, 3.63) is 17.2 Å². The average Bonchev–Trinajstić information content (AvgIpc) is 2.92. The maximum Gasteiger partial charge on any atom is 0.319 e. The fourth-order valence-corrected chi connectivity index (χ4v) is 2.60. The van der Waals surface area contributed by atoms with Crippen molar-refractivity contribution in [2.75, 3.05) is 19.5 Å². The molecule has 2 amide bonds. The van der Waals surface area contributed by atoms with Gasteiger partial charge in [-0.3, -0.25) is 0 Å². The molecule has 1 fully saturated rings. The van der Waals surface area contributed by atoms with Gasteiger partial charge in [-0.15, -0.1) is 0 Å². The quantitative estimate of drug-likeness (QED) is 0.895. The molecule has 1 saturated carbocycles. The molecular formula is C14H19ClN2O3. The molecule has 5 nitrogen and oxygen atoms in total. The molecule has 6 heteroatoms. The van der Waals surface area contributed by atoms with Gasteiger partial charge in [0.25, 0.3) is 0 Å². The molecule has 1 aliphatic carbocycles. The van der Waals surface area contributed by atoms with E-state index in [4.69, 9.17) is 21.1 Å². The number of urea groups is 1. The van der Waals surface area contributed by atoms with Gasteiger partial charge < -0.3 is 20.1 Å². The highest BCUT2D eigenvalue weighted by Crippen LogP contribution is 2.35. The molecule has 1 aromatic carbocycles. The monoisotopic (exact) mass is 298 g/mol. The number of carbonyl (C=O) groups excluding carboxylic acids is 1. The van der Waals surface area contributed by atoms with E-state index in [1.807, 2.05) is 0 Å². The molecular weight excluding hydrogens is 280 g/mol. The van der Waals surface area contributed by atoms with Crippen molar-refractivity contribution >= 4 is 23.3 Å². The minimum atomic E-state index is -0.237. The molecule has 110 valence electrons. The smallest absolute Gasteiger partial charge is 0.319 e. The van der Waals surface area contributed by atoms with Gasteiger partial charge in [-0.05, 0) is 12.8 Å². The predicted octanol–water partition coefficient (Wildman–Crippen LogP) is 3.42. The lowest BCUT2D eigenvalue weighted by Gasteiger charge is -2.16. The van der Waals surface area contributed by atoms with Crippen molar-refractivity contribution in [2.24, 2.45) is 0 Å². The number of ether oxygens (including phenoxy) is 2. The molecule has 0 aromatic heterocycles. The maximum atomic E-state index is 12.0. The van der Waals surface area contributed by atoms with Crippen LogP contribution in [0.1, 0.15) is 25.7 Å². The van der Waals surface area contributed by atoms with Crippen LogP contribution in [0.25, 0.3) is 0 Å². The van der Waals surface area contributed by atoms with E-state index in [1.165, 1.54) is 27.1 Å². The number of benzene rings is 1. The third-order valence-corrected chi connectivity index (χ3v) is 3.71. The van der Waals surface area contributed by atoms with Crippen molar-refractivity contribution in [3.63, 3.8) is 0 Å². The van der Waals surface area contributed by atoms with E-state index < -0.39 is 0 Å². The van der Waals surface area contributed by atoms with Crippen molar-refractivity contribution < 1.29 is 14.3 Å². The molecule has 0 aliphatic heterocycles. The Kier molecular flexibility index (Phi) is 4.95. The van der Waals surface area contributed by atoms with E-state index in [9.17, 15) is 4.79 Å². The minimum absolute atomic E-state index is 0.237. The van der Waals surface area contributed by atoms with Gasteiger partial charge >= 0.3 is 6.03 Å². The second-order valence-electron chi connectivity index (χ2n) is 4.77. The summed E-state index contributed by atoms with van der Waals surface area (Å²) in [5.41, 5.74) is 0.532. The third-order valence-electron chi connectivity index (χ3n) is 3.41. The predicted molar refractivity (Wildman–Crippen MR) is 79.0 cm³/mol. The fraction of sp³-hybridized carbons (Fsp3) is 0.500. The normalized spacial score (nSPS) is 14.9. The third kappa shape index (κ3) is 3.48. The molecule has 0 spiro atoms. The number of hydrogen-bond acceptors (Lipinski definition) is 3. The van der Waals surface area contributed by atoms with Gasteiger partial charge in [-0.25, -0.2) is 4.79 Å². The number of amides is 2. The van der Waals surface area contributed by atoms with Crippen molar-refractivity contribution in [1.29, 1.82) is 0 Å². The van der Waals surface area contributed by atoms with Gasteiger partial charge in [-0.2, -0.15) is 0 Å².